The van der Waals surface area contributed by atoms with Crippen molar-refractivity contribution < 1.29 is 22.3 Å². The van der Waals surface area contributed by atoms with Crippen LogP contribution >= 0.6 is 11.6 Å². The van der Waals surface area contributed by atoms with Crippen LogP contribution in [0.1, 0.15) is 19.4 Å². The number of sulfonamides is 1. The van der Waals surface area contributed by atoms with Gasteiger partial charge in [-0.05, 0) is 38.1 Å². The Kier molecular flexibility index (Phi) is 6.86. The number of rotatable bonds is 8. The summed E-state index contributed by atoms with van der Waals surface area (Å²) in [5, 5.41) is 0.175. The maximum atomic E-state index is 14.0. The standard InChI is InChI=1S/C18H21ClFNO4S/c1-4-24-17-10-9-13(11-18(17)25-5-2)26(22,23)21(3)12-14-15(19)7-6-8-16(14)20/h6-11H,4-5,12H2,1-3H3. The lowest BCUT2D eigenvalue weighted by Gasteiger charge is -2.19. The van der Waals surface area contributed by atoms with Gasteiger partial charge in [0, 0.05) is 30.2 Å². The van der Waals surface area contributed by atoms with E-state index in [0.29, 0.717) is 24.7 Å². The second-order valence-corrected chi connectivity index (χ2v) is 7.89. The van der Waals surface area contributed by atoms with Gasteiger partial charge in [0.1, 0.15) is 5.82 Å². The Morgan fingerprint density at radius 1 is 1.08 bits per heavy atom. The maximum absolute atomic E-state index is 14.0. The predicted molar refractivity (Wildman–Crippen MR) is 98.8 cm³/mol. The summed E-state index contributed by atoms with van der Waals surface area (Å²) in [7, 11) is -2.50. The second kappa shape index (κ2) is 8.70. The highest BCUT2D eigenvalue weighted by atomic mass is 35.5. The van der Waals surface area contributed by atoms with Crippen molar-refractivity contribution in [3.8, 4) is 11.5 Å². The van der Waals surface area contributed by atoms with Crippen molar-refractivity contribution in [1.29, 1.82) is 0 Å². The van der Waals surface area contributed by atoms with E-state index in [0.717, 1.165) is 4.31 Å². The lowest BCUT2D eigenvalue weighted by Crippen LogP contribution is -2.27. The zero-order valence-corrected chi connectivity index (χ0v) is 16.4. The molecule has 5 nitrogen and oxygen atoms in total. The van der Waals surface area contributed by atoms with Crippen LogP contribution in [0.3, 0.4) is 0 Å². The van der Waals surface area contributed by atoms with Crippen molar-refractivity contribution in [2.45, 2.75) is 25.3 Å². The Morgan fingerprint density at radius 3 is 2.35 bits per heavy atom. The van der Waals surface area contributed by atoms with Gasteiger partial charge in [0.05, 0.1) is 18.1 Å². The van der Waals surface area contributed by atoms with Crippen LogP contribution in [0, 0.1) is 5.82 Å². The highest BCUT2D eigenvalue weighted by Crippen LogP contribution is 2.32. The van der Waals surface area contributed by atoms with Gasteiger partial charge in [-0.25, -0.2) is 12.8 Å². The van der Waals surface area contributed by atoms with E-state index in [9.17, 15) is 12.8 Å². The molecule has 0 aliphatic heterocycles. The molecule has 0 spiro atoms. The quantitative estimate of drug-likeness (QED) is 0.668. The van der Waals surface area contributed by atoms with E-state index in [-0.39, 0.29) is 22.0 Å². The molecular formula is C18H21ClFNO4S. The van der Waals surface area contributed by atoms with Crippen LogP contribution in [0.15, 0.2) is 41.3 Å². The Balaban J connectivity index is 2.35. The number of hydrogen-bond donors (Lipinski definition) is 0. The maximum Gasteiger partial charge on any atom is 0.243 e. The molecule has 0 bridgehead atoms. The van der Waals surface area contributed by atoms with E-state index in [2.05, 4.69) is 0 Å². The van der Waals surface area contributed by atoms with Gasteiger partial charge >= 0.3 is 0 Å². The number of ether oxygens (including phenoxy) is 2. The third-order valence-corrected chi connectivity index (χ3v) is 5.82. The highest BCUT2D eigenvalue weighted by Gasteiger charge is 2.24. The van der Waals surface area contributed by atoms with E-state index in [1.54, 1.807) is 13.0 Å². The van der Waals surface area contributed by atoms with Crippen LogP contribution in [-0.4, -0.2) is 33.0 Å². The summed E-state index contributed by atoms with van der Waals surface area (Å²) in [5.41, 5.74) is 0.121. The molecule has 26 heavy (non-hydrogen) atoms. The molecule has 0 atom stereocenters. The molecule has 2 aromatic rings. The van der Waals surface area contributed by atoms with Gasteiger partial charge in [0.25, 0.3) is 0 Å². The first kappa shape index (κ1) is 20.5. The van der Waals surface area contributed by atoms with Crippen LogP contribution in [0.5, 0.6) is 11.5 Å². The summed E-state index contributed by atoms with van der Waals surface area (Å²) in [5.74, 6) is 0.252. The molecule has 0 heterocycles. The first-order chi connectivity index (χ1) is 12.3. The van der Waals surface area contributed by atoms with Crippen molar-refractivity contribution in [2.24, 2.45) is 0 Å². The van der Waals surface area contributed by atoms with E-state index >= 15 is 0 Å². The fraction of sp³-hybridized carbons (Fsp3) is 0.333. The van der Waals surface area contributed by atoms with Crippen molar-refractivity contribution in [2.75, 3.05) is 20.3 Å². The molecule has 2 rings (SSSR count). The molecule has 0 radical (unpaired) electrons. The Bertz CT molecular complexity index is 853. The second-order valence-electron chi connectivity index (χ2n) is 5.44. The van der Waals surface area contributed by atoms with E-state index < -0.39 is 15.8 Å². The summed E-state index contributed by atoms with van der Waals surface area (Å²) in [6.45, 7) is 4.22. The van der Waals surface area contributed by atoms with Gasteiger partial charge in [-0.15, -0.1) is 0 Å². The Hall–Kier alpha value is -1.83. The largest absolute Gasteiger partial charge is 0.490 e. The molecule has 8 heteroatoms. The predicted octanol–water partition coefficient (Wildman–Crippen LogP) is 4.10. The van der Waals surface area contributed by atoms with Gasteiger partial charge in [-0.2, -0.15) is 4.31 Å². The minimum absolute atomic E-state index is 0.0272. The monoisotopic (exact) mass is 401 g/mol. The van der Waals surface area contributed by atoms with Gasteiger partial charge in [0.15, 0.2) is 11.5 Å². The molecule has 0 N–H and O–H groups in total. The molecule has 0 aliphatic carbocycles. The van der Waals surface area contributed by atoms with E-state index in [1.807, 2.05) is 6.92 Å². The van der Waals surface area contributed by atoms with Gasteiger partial charge in [0.2, 0.25) is 10.0 Å². The minimum atomic E-state index is -3.87. The topological polar surface area (TPSA) is 55.8 Å². The van der Waals surface area contributed by atoms with Gasteiger partial charge in [-0.3, -0.25) is 0 Å². The molecule has 0 fully saturated rings. The Labute approximate surface area is 158 Å². The van der Waals surface area contributed by atoms with Crippen LogP contribution in [-0.2, 0) is 16.6 Å². The molecule has 0 aromatic heterocycles. The van der Waals surface area contributed by atoms with Crippen LogP contribution < -0.4 is 9.47 Å². The number of hydrogen-bond acceptors (Lipinski definition) is 4. The summed E-state index contributed by atoms with van der Waals surface area (Å²) >= 11 is 5.99. The van der Waals surface area contributed by atoms with Crippen molar-refractivity contribution >= 4 is 21.6 Å². The normalized spacial score (nSPS) is 11.6. The van der Waals surface area contributed by atoms with Gasteiger partial charge < -0.3 is 9.47 Å². The summed E-state index contributed by atoms with van der Waals surface area (Å²) in [6.07, 6.45) is 0. The molecule has 0 amide bonds. The van der Waals surface area contributed by atoms with Crippen LogP contribution in [0.25, 0.3) is 0 Å². The van der Waals surface area contributed by atoms with Gasteiger partial charge in [-0.1, -0.05) is 17.7 Å². The Morgan fingerprint density at radius 2 is 1.73 bits per heavy atom. The van der Waals surface area contributed by atoms with E-state index in [4.69, 9.17) is 21.1 Å². The summed E-state index contributed by atoms with van der Waals surface area (Å²) in [4.78, 5) is 0.0272. The van der Waals surface area contributed by atoms with E-state index in [1.165, 1.54) is 37.4 Å². The average Bonchev–Trinajstić information content (AvgIpc) is 2.60. The summed E-state index contributed by atoms with van der Waals surface area (Å²) < 4.78 is 51.6. The summed E-state index contributed by atoms with van der Waals surface area (Å²) in [6, 6.07) is 8.61. The van der Waals surface area contributed by atoms with Crippen LogP contribution in [0.4, 0.5) is 4.39 Å². The minimum Gasteiger partial charge on any atom is -0.490 e. The molecule has 142 valence electrons. The van der Waals surface area contributed by atoms with Crippen molar-refractivity contribution in [3.63, 3.8) is 0 Å². The average molecular weight is 402 g/mol. The SMILES string of the molecule is CCOc1ccc(S(=O)(=O)N(C)Cc2c(F)cccc2Cl)cc1OCC. The lowest BCUT2D eigenvalue weighted by atomic mass is 10.2. The zero-order valence-electron chi connectivity index (χ0n) is 14.8. The van der Waals surface area contributed by atoms with Crippen LogP contribution in [0.2, 0.25) is 5.02 Å². The third-order valence-electron chi connectivity index (χ3n) is 3.67. The molecule has 0 unspecified atom stereocenters. The zero-order chi connectivity index (χ0) is 19.3. The molecule has 0 saturated carbocycles. The number of benzene rings is 2. The fourth-order valence-electron chi connectivity index (χ4n) is 2.36. The molecule has 0 aliphatic rings. The lowest BCUT2D eigenvalue weighted by molar-refractivity contribution is 0.287. The molecular weight excluding hydrogens is 381 g/mol. The van der Waals surface area contributed by atoms with Crippen molar-refractivity contribution in [3.05, 3.63) is 52.8 Å². The third kappa shape index (κ3) is 4.47. The fourth-order valence-corrected chi connectivity index (χ4v) is 3.74. The first-order valence-corrected chi connectivity index (χ1v) is 9.91. The molecule has 0 saturated heterocycles. The smallest absolute Gasteiger partial charge is 0.243 e. The number of nitrogens with zero attached hydrogens (tertiary/aromatic N) is 1. The number of halogens is 2. The highest BCUT2D eigenvalue weighted by molar-refractivity contribution is 7.89. The molecule has 2 aromatic carbocycles. The van der Waals surface area contributed by atoms with Crippen molar-refractivity contribution in [1.82, 2.24) is 4.31 Å². The first-order valence-electron chi connectivity index (χ1n) is 8.10.